The summed E-state index contributed by atoms with van der Waals surface area (Å²) in [5.74, 6) is 0. The van der Waals surface area contributed by atoms with E-state index < -0.39 is 10.0 Å². The van der Waals surface area contributed by atoms with Gasteiger partial charge in [-0.25, -0.2) is 13.1 Å². The molecule has 1 aliphatic rings. The first-order valence-corrected chi connectivity index (χ1v) is 11.6. The lowest BCUT2D eigenvalue weighted by atomic mass is 10.2. The molecule has 2 aromatic carbocycles. The number of ether oxygens (including phenoxy) is 1. The van der Waals surface area contributed by atoms with Crippen LogP contribution in [0, 0.1) is 0 Å². The van der Waals surface area contributed by atoms with E-state index in [1.54, 1.807) is 28.8 Å². The number of halogens is 1. The quantitative estimate of drug-likeness (QED) is 0.641. The molecule has 148 valence electrons. The van der Waals surface area contributed by atoms with Gasteiger partial charge in [0.05, 0.1) is 27.8 Å². The van der Waals surface area contributed by atoms with Crippen LogP contribution in [0.15, 0.2) is 52.2 Å². The van der Waals surface area contributed by atoms with Crippen molar-refractivity contribution in [2.45, 2.75) is 30.4 Å². The SMILES string of the molecule is O=c1sc2cc(S(=O)(=O)NCC3CCCO3)ccc2n1Cc1ccc(Cl)cc1. The van der Waals surface area contributed by atoms with Gasteiger partial charge in [0, 0.05) is 18.2 Å². The van der Waals surface area contributed by atoms with Gasteiger partial charge in [-0.15, -0.1) is 0 Å². The summed E-state index contributed by atoms with van der Waals surface area (Å²) in [5, 5.41) is 0.636. The summed E-state index contributed by atoms with van der Waals surface area (Å²) < 4.78 is 35.5. The first-order chi connectivity index (χ1) is 13.4. The van der Waals surface area contributed by atoms with Gasteiger partial charge in [-0.05, 0) is 48.7 Å². The summed E-state index contributed by atoms with van der Waals surface area (Å²) >= 11 is 6.95. The second kappa shape index (κ2) is 7.96. The lowest BCUT2D eigenvalue weighted by Crippen LogP contribution is -2.31. The van der Waals surface area contributed by atoms with E-state index in [-0.39, 0.29) is 22.4 Å². The maximum absolute atomic E-state index is 12.6. The van der Waals surface area contributed by atoms with Crippen LogP contribution in [0.4, 0.5) is 0 Å². The van der Waals surface area contributed by atoms with Gasteiger partial charge in [0.25, 0.3) is 0 Å². The fourth-order valence-corrected chi connectivity index (χ4v) is 5.45. The molecule has 9 heteroatoms. The molecule has 1 aliphatic heterocycles. The number of sulfonamides is 1. The first kappa shape index (κ1) is 19.6. The summed E-state index contributed by atoms with van der Waals surface area (Å²) in [6.07, 6.45) is 1.74. The second-order valence-electron chi connectivity index (χ2n) is 6.70. The Hall–Kier alpha value is -1.71. The molecule has 2 heterocycles. The molecule has 1 unspecified atom stereocenters. The highest BCUT2D eigenvalue weighted by atomic mass is 35.5. The predicted molar refractivity (Wildman–Crippen MR) is 111 cm³/mol. The van der Waals surface area contributed by atoms with Crippen molar-refractivity contribution in [3.63, 3.8) is 0 Å². The standard InChI is InChI=1S/C19H19ClN2O4S2/c20-14-5-3-13(4-6-14)12-22-17-8-7-16(10-18(17)27-19(22)23)28(24,25)21-11-15-2-1-9-26-15/h3-8,10,15,21H,1-2,9,11-12H2. The van der Waals surface area contributed by atoms with Crippen molar-refractivity contribution in [1.29, 1.82) is 0 Å². The topological polar surface area (TPSA) is 77.4 Å². The molecule has 0 bridgehead atoms. The van der Waals surface area contributed by atoms with Crippen LogP contribution in [0.25, 0.3) is 10.2 Å². The minimum absolute atomic E-state index is 0.0741. The summed E-state index contributed by atoms with van der Waals surface area (Å²) in [6.45, 7) is 1.33. The number of hydrogen-bond donors (Lipinski definition) is 1. The predicted octanol–water partition coefficient (Wildman–Crippen LogP) is 3.22. The molecule has 6 nitrogen and oxygen atoms in total. The number of nitrogens with one attached hydrogen (secondary N) is 1. The van der Waals surface area contributed by atoms with Crippen LogP contribution >= 0.6 is 22.9 Å². The van der Waals surface area contributed by atoms with Crippen molar-refractivity contribution in [2.24, 2.45) is 0 Å². The van der Waals surface area contributed by atoms with Crippen molar-refractivity contribution in [1.82, 2.24) is 9.29 Å². The number of nitrogens with zero attached hydrogens (tertiary/aromatic N) is 1. The van der Waals surface area contributed by atoms with Crippen LogP contribution in [0.3, 0.4) is 0 Å². The zero-order valence-electron chi connectivity index (χ0n) is 14.9. The number of hydrogen-bond acceptors (Lipinski definition) is 5. The third-order valence-electron chi connectivity index (χ3n) is 4.73. The number of benzene rings is 2. The molecule has 0 aliphatic carbocycles. The summed E-state index contributed by atoms with van der Waals surface area (Å²) in [4.78, 5) is 12.5. The van der Waals surface area contributed by atoms with Crippen molar-refractivity contribution < 1.29 is 13.2 Å². The Balaban J connectivity index is 1.59. The van der Waals surface area contributed by atoms with Crippen LogP contribution in [0.2, 0.25) is 5.02 Å². The number of aromatic nitrogens is 1. The number of rotatable bonds is 6. The maximum atomic E-state index is 12.6. The highest BCUT2D eigenvalue weighted by molar-refractivity contribution is 7.89. The zero-order valence-corrected chi connectivity index (χ0v) is 17.3. The Labute approximate surface area is 171 Å². The molecule has 0 amide bonds. The van der Waals surface area contributed by atoms with E-state index in [1.165, 1.54) is 6.07 Å². The fourth-order valence-electron chi connectivity index (χ4n) is 3.23. The molecule has 0 spiro atoms. The van der Waals surface area contributed by atoms with Crippen LogP contribution in [-0.4, -0.2) is 32.2 Å². The lowest BCUT2D eigenvalue weighted by molar-refractivity contribution is 0.114. The molecule has 1 saturated heterocycles. The minimum Gasteiger partial charge on any atom is -0.377 e. The average Bonchev–Trinajstić information content (AvgIpc) is 3.30. The molecule has 3 aromatic rings. The highest BCUT2D eigenvalue weighted by Gasteiger charge is 2.21. The van der Waals surface area contributed by atoms with Gasteiger partial charge in [-0.1, -0.05) is 35.1 Å². The van der Waals surface area contributed by atoms with Crippen molar-refractivity contribution in [3.8, 4) is 0 Å². The Kier molecular flexibility index (Phi) is 5.57. The molecule has 1 N–H and O–H groups in total. The number of fused-ring (bicyclic) bond motifs is 1. The lowest BCUT2D eigenvalue weighted by Gasteiger charge is -2.11. The van der Waals surface area contributed by atoms with Gasteiger partial charge in [-0.2, -0.15) is 0 Å². The maximum Gasteiger partial charge on any atom is 0.308 e. The third-order valence-corrected chi connectivity index (χ3v) is 7.34. The third kappa shape index (κ3) is 4.16. The molecule has 1 fully saturated rings. The van der Waals surface area contributed by atoms with Crippen LogP contribution in [0.5, 0.6) is 0 Å². The molecular formula is C19H19ClN2O4S2. The van der Waals surface area contributed by atoms with E-state index in [2.05, 4.69) is 4.72 Å². The second-order valence-corrected chi connectivity index (χ2v) is 9.89. The molecular weight excluding hydrogens is 420 g/mol. The summed E-state index contributed by atoms with van der Waals surface area (Å²) in [5.41, 5.74) is 1.66. The van der Waals surface area contributed by atoms with Crippen molar-refractivity contribution >= 4 is 43.2 Å². The van der Waals surface area contributed by atoms with E-state index in [0.717, 1.165) is 29.7 Å². The van der Waals surface area contributed by atoms with Crippen molar-refractivity contribution in [3.05, 3.63) is 62.7 Å². The Morgan fingerprint density at radius 2 is 2.00 bits per heavy atom. The normalized spacial score (nSPS) is 17.4. The van der Waals surface area contributed by atoms with Gasteiger partial charge in [-0.3, -0.25) is 9.36 Å². The summed E-state index contributed by atoms with van der Waals surface area (Å²) in [7, 11) is -3.66. The smallest absolute Gasteiger partial charge is 0.308 e. The minimum atomic E-state index is -3.66. The van der Waals surface area contributed by atoms with E-state index >= 15 is 0 Å². The molecule has 28 heavy (non-hydrogen) atoms. The van der Waals surface area contributed by atoms with Gasteiger partial charge >= 0.3 is 4.87 Å². The van der Waals surface area contributed by atoms with Gasteiger partial charge < -0.3 is 4.74 Å². The zero-order chi connectivity index (χ0) is 19.7. The Bertz CT molecular complexity index is 1150. The number of thiazole rings is 1. The molecule has 4 rings (SSSR count). The van der Waals surface area contributed by atoms with Crippen LogP contribution < -0.4 is 9.60 Å². The van der Waals surface area contributed by atoms with E-state index in [1.807, 2.05) is 12.1 Å². The molecule has 1 atom stereocenters. The van der Waals surface area contributed by atoms with E-state index in [9.17, 15) is 13.2 Å². The Morgan fingerprint density at radius 1 is 1.21 bits per heavy atom. The molecule has 0 radical (unpaired) electrons. The highest BCUT2D eigenvalue weighted by Crippen LogP contribution is 2.23. The molecule has 1 aromatic heterocycles. The monoisotopic (exact) mass is 438 g/mol. The van der Waals surface area contributed by atoms with E-state index in [0.29, 0.717) is 28.4 Å². The largest absolute Gasteiger partial charge is 0.377 e. The Morgan fingerprint density at radius 3 is 2.71 bits per heavy atom. The van der Waals surface area contributed by atoms with Gasteiger partial charge in [0.2, 0.25) is 10.0 Å². The van der Waals surface area contributed by atoms with Gasteiger partial charge in [0.1, 0.15) is 0 Å². The van der Waals surface area contributed by atoms with Crippen LogP contribution in [0.1, 0.15) is 18.4 Å². The summed E-state index contributed by atoms with van der Waals surface area (Å²) in [6, 6.07) is 12.1. The van der Waals surface area contributed by atoms with Crippen molar-refractivity contribution in [2.75, 3.05) is 13.2 Å². The average molecular weight is 439 g/mol. The first-order valence-electron chi connectivity index (χ1n) is 8.91. The van der Waals surface area contributed by atoms with E-state index in [4.69, 9.17) is 16.3 Å². The molecule has 0 saturated carbocycles. The van der Waals surface area contributed by atoms with Crippen LogP contribution in [-0.2, 0) is 21.3 Å². The van der Waals surface area contributed by atoms with Gasteiger partial charge in [0.15, 0.2) is 0 Å². The fraction of sp³-hybridized carbons (Fsp3) is 0.316.